The number of phenolic OH excluding ortho intramolecular Hbond substituents is 2. The van der Waals surface area contributed by atoms with Crippen molar-refractivity contribution in [1.29, 1.82) is 0 Å². The number of aliphatic hydroxyl groups is 1. The lowest BCUT2D eigenvalue weighted by molar-refractivity contribution is -0.172. The van der Waals surface area contributed by atoms with E-state index in [1.807, 2.05) is 58.2 Å². The predicted octanol–water partition coefficient (Wildman–Crippen LogP) is 3.31. The minimum Gasteiger partial charge on any atom is -0.507 e. The van der Waals surface area contributed by atoms with E-state index in [-0.39, 0.29) is 49.5 Å². The zero-order valence-corrected chi connectivity index (χ0v) is 24.3. The molecule has 0 radical (unpaired) electrons. The number of carbonyl (C=O) groups excluding carboxylic acids is 1. The smallest absolute Gasteiger partial charge is 0.231 e. The Morgan fingerprint density at radius 3 is 2.48 bits per heavy atom. The molecule has 0 aliphatic carbocycles. The van der Waals surface area contributed by atoms with Crippen molar-refractivity contribution in [1.82, 2.24) is 15.1 Å². The van der Waals surface area contributed by atoms with Gasteiger partial charge in [0.15, 0.2) is 11.5 Å². The normalized spacial score (nSPS) is 25.9. The molecule has 7 rings (SSSR count). The topological polar surface area (TPSA) is 115 Å². The first-order valence-corrected chi connectivity index (χ1v) is 14.6. The molecule has 1 saturated heterocycles. The molecule has 4 N–H and O–H groups in total. The van der Waals surface area contributed by atoms with Gasteiger partial charge in [0.25, 0.3) is 0 Å². The molecule has 5 atom stereocenters. The van der Waals surface area contributed by atoms with Gasteiger partial charge in [0.2, 0.25) is 12.7 Å². The third-order valence-electron chi connectivity index (χ3n) is 9.99. The van der Waals surface area contributed by atoms with Crippen LogP contribution in [0, 0.1) is 20.8 Å². The van der Waals surface area contributed by atoms with Gasteiger partial charge in [0.1, 0.15) is 17.7 Å². The maximum absolute atomic E-state index is 13.2. The van der Waals surface area contributed by atoms with Crippen LogP contribution in [0.1, 0.15) is 56.6 Å². The molecule has 0 spiro atoms. The summed E-state index contributed by atoms with van der Waals surface area (Å²) in [7, 11) is 2.00. The fourth-order valence-electron chi connectivity index (χ4n) is 7.77. The number of nitrogens with zero attached hydrogens (tertiary/aromatic N) is 2. The molecule has 1 fully saturated rings. The zero-order valence-electron chi connectivity index (χ0n) is 24.3. The van der Waals surface area contributed by atoms with E-state index in [2.05, 4.69) is 21.2 Å². The van der Waals surface area contributed by atoms with Crippen LogP contribution < -0.4 is 14.8 Å². The van der Waals surface area contributed by atoms with Gasteiger partial charge in [-0.3, -0.25) is 14.6 Å². The number of phenols is 2. The van der Waals surface area contributed by atoms with Gasteiger partial charge in [-0.15, -0.1) is 0 Å². The predicted molar refractivity (Wildman–Crippen MR) is 156 cm³/mol. The number of piperazine rings is 1. The van der Waals surface area contributed by atoms with Crippen LogP contribution in [0.4, 0.5) is 0 Å². The number of nitrogens with one attached hydrogen (secondary N) is 1. The second kappa shape index (κ2) is 9.90. The second-order valence-corrected chi connectivity index (χ2v) is 12.2. The molecule has 3 aromatic rings. The average molecular weight is 572 g/mol. The first-order valence-electron chi connectivity index (χ1n) is 14.6. The van der Waals surface area contributed by atoms with E-state index >= 15 is 0 Å². The van der Waals surface area contributed by atoms with Crippen molar-refractivity contribution in [2.24, 2.45) is 0 Å². The van der Waals surface area contributed by atoms with E-state index in [9.17, 15) is 20.1 Å². The number of fused-ring (bicyclic) bond motifs is 9. The number of rotatable bonds is 4. The van der Waals surface area contributed by atoms with Gasteiger partial charge in [0.05, 0.1) is 24.5 Å². The number of carbonyl (C=O) groups is 1. The molecule has 4 aliphatic rings. The zero-order chi connectivity index (χ0) is 29.4. The summed E-state index contributed by atoms with van der Waals surface area (Å²) in [5.41, 5.74) is 6.80. The lowest BCUT2D eigenvalue weighted by Gasteiger charge is -2.60. The van der Waals surface area contributed by atoms with Crippen molar-refractivity contribution in [2.75, 3.05) is 20.4 Å². The van der Waals surface area contributed by atoms with Crippen LogP contribution in [0.2, 0.25) is 0 Å². The number of hydrogen-bond acceptors (Lipinski definition) is 8. The summed E-state index contributed by atoms with van der Waals surface area (Å²) < 4.78 is 11.8. The van der Waals surface area contributed by atoms with Crippen molar-refractivity contribution >= 4 is 5.91 Å². The Labute approximate surface area is 245 Å². The van der Waals surface area contributed by atoms with E-state index in [4.69, 9.17) is 9.47 Å². The molecule has 42 heavy (non-hydrogen) atoms. The minimum atomic E-state index is -0.862. The maximum atomic E-state index is 13.2. The van der Waals surface area contributed by atoms with Gasteiger partial charge in [-0.2, -0.15) is 0 Å². The van der Waals surface area contributed by atoms with Crippen LogP contribution in [0.25, 0.3) is 0 Å². The number of likely N-dealkylation sites (N-methyl/N-ethyl adjacent to an activating group) is 1. The summed E-state index contributed by atoms with van der Waals surface area (Å²) in [6.07, 6.45) is 0.381. The van der Waals surface area contributed by atoms with Gasteiger partial charge in [0, 0.05) is 34.8 Å². The van der Waals surface area contributed by atoms with Gasteiger partial charge in [-0.1, -0.05) is 36.4 Å². The number of hydrogen-bond donors (Lipinski definition) is 4. The van der Waals surface area contributed by atoms with Crippen molar-refractivity contribution in [3.63, 3.8) is 0 Å². The number of benzene rings is 3. The fourth-order valence-corrected chi connectivity index (χ4v) is 7.77. The number of ether oxygens (including phenoxy) is 2. The van der Waals surface area contributed by atoms with Crippen LogP contribution in [0.3, 0.4) is 0 Å². The van der Waals surface area contributed by atoms with Crippen molar-refractivity contribution < 1.29 is 29.6 Å². The number of aryl methyl sites for hydroxylation is 1. The summed E-state index contributed by atoms with van der Waals surface area (Å²) in [4.78, 5) is 17.4. The Hall–Kier alpha value is -3.79. The maximum Gasteiger partial charge on any atom is 0.231 e. The SMILES string of the molecule is Cc1cc2c(c(O)c1C)[C@@H]1C3Cc4c(O)c(C)c5c(c4[C@H](CNC(=O)Cc4ccccc4)N3[C@@H](O)[C@H](C2)N1C)OCO5. The van der Waals surface area contributed by atoms with Crippen LogP contribution >= 0.6 is 0 Å². The van der Waals surface area contributed by atoms with E-state index in [0.29, 0.717) is 35.7 Å². The van der Waals surface area contributed by atoms with Gasteiger partial charge in [-0.25, -0.2) is 0 Å². The molecular formula is C33H37N3O6. The molecule has 220 valence electrons. The third kappa shape index (κ3) is 3.91. The van der Waals surface area contributed by atoms with Crippen molar-refractivity contribution in [2.45, 2.75) is 70.4 Å². The van der Waals surface area contributed by atoms with E-state index in [1.165, 1.54) is 0 Å². The van der Waals surface area contributed by atoms with Crippen molar-refractivity contribution in [3.8, 4) is 23.0 Å². The highest BCUT2D eigenvalue weighted by Crippen LogP contribution is 2.57. The Morgan fingerprint density at radius 2 is 1.71 bits per heavy atom. The molecule has 4 aliphatic heterocycles. The minimum absolute atomic E-state index is 0.0407. The molecule has 9 nitrogen and oxygen atoms in total. The molecule has 3 aromatic carbocycles. The molecule has 4 heterocycles. The van der Waals surface area contributed by atoms with Crippen LogP contribution in [-0.2, 0) is 24.1 Å². The van der Waals surface area contributed by atoms with Crippen LogP contribution in [-0.4, -0.2) is 69.7 Å². The fraction of sp³-hybridized carbons (Fsp3) is 0.424. The summed E-state index contributed by atoms with van der Waals surface area (Å²) in [6.45, 7) is 6.00. The molecule has 9 heteroatoms. The largest absolute Gasteiger partial charge is 0.507 e. The Kier molecular flexibility index (Phi) is 6.38. The standard InChI is InChI=1S/C33H37N3O6/c1-16-10-20-12-23-33(40)36-22(28(35(23)4)26(20)30(39)17(16)2)13-21-27(32-31(41-15-42-32)18(3)29(21)38)24(36)14-34-25(37)11-19-8-6-5-7-9-19/h5-10,22-24,28,33,38-40H,11-15H2,1-4H3,(H,34,37)/t22?,23-,24-,28-,33-/m0/s1. The van der Waals surface area contributed by atoms with Gasteiger partial charge < -0.3 is 30.1 Å². The number of aromatic hydroxyl groups is 2. The summed E-state index contributed by atoms with van der Waals surface area (Å²) in [5, 5.41) is 38.1. The highest BCUT2D eigenvalue weighted by molar-refractivity contribution is 5.78. The number of aliphatic hydroxyl groups excluding tert-OH is 1. The van der Waals surface area contributed by atoms with E-state index in [1.54, 1.807) is 0 Å². The molecule has 1 amide bonds. The van der Waals surface area contributed by atoms with Gasteiger partial charge in [-0.05, 0) is 62.9 Å². The van der Waals surface area contributed by atoms with E-state index in [0.717, 1.165) is 38.9 Å². The molecular weight excluding hydrogens is 534 g/mol. The monoisotopic (exact) mass is 571 g/mol. The highest BCUT2D eigenvalue weighted by atomic mass is 16.7. The summed E-state index contributed by atoms with van der Waals surface area (Å²) in [6, 6.07) is 10.5. The lowest BCUT2D eigenvalue weighted by atomic mass is 9.73. The number of amides is 1. The van der Waals surface area contributed by atoms with Crippen LogP contribution in [0.15, 0.2) is 36.4 Å². The van der Waals surface area contributed by atoms with Crippen molar-refractivity contribution in [3.05, 3.63) is 80.9 Å². The van der Waals surface area contributed by atoms with Crippen LogP contribution in [0.5, 0.6) is 23.0 Å². The molecule has 0 saturated carbocycles. The first-order chi connectivity index (χ1) is 20.2. The second-order valence-electron chi connectivity index (χ2n) is 12.2. The lowest BCUT2D eigenvalue weighted by Crippen LogP contribution is -2.69. The summed E-state index contributed by atoms with van der Waals surface area (Å²) >= 11 is 0. The average Bonchev–Trinajstić information content (AvgIpc) is 3.47. The summed E-state index contributed by atoms with van der Waals surface area (Å²) in [5.74, 6) is 1.37. The Balaban J connectivity index is 1.35. The highest BCUT2D eigenvalue weighted by Gasteiger charge is 2.56. The van der Waals surface area contributed by atoms with E-state index < -0.39 is 12.3 Å². The third-order valence-corrected chi connectivity index (χ3v) is 9.99. The molecule has 2 bridgehead atoms. The molecule has 1 unspecified atom stereocenters. The first kappa shape index (κ1) is 27.1. The molecule has 0 aromatic heterocycles. The Bertz CT molecular complexity index is 1590. The Morgan fingerprint density at radius 1 is 0.976 bits per heavy atom. The quantitative estimate of drug-likeness (QED) is 0.377. The van der Waals surface area contributed by atoms with Gasteiger partial charge >= 0.3 is 0 Å².